The molecule has 1 aromatic rings. The minimum atomic E-state index is 0.585. The van der Waals surface area contributed by atoms with E-state index in [2.05, 4.69) is 9.88 Å². The number of aldehydes is 1. The van der Waals surface area contributed by atoms with E-state index in [1.165, 1.54) is 0 Å². The van der Waals surface area contributed by atoms with Crippen LogP contribution in [0.15, 0.2) is 18.3 Å². The molecule has 0 fully saturated rings. The summed E-state index contributed by atoms with van der Waals surface area (Å²) in [5, 5.41) is 0. The van der Waals surface area contributed by atoms with Gasteiger partial charge in [-0.2, -0.15) is 0 Å². The van der Waals surface area contributed by atoms with Crippen LogP contribution in [0.3, 0.4) is 0 Å². The Hall–Kier alpha value is -1.46. The average molecular weight is 252 g/mol. The maximum absolute atomic E-state index is 10.6. The van der Waals surface area contributed by atoms with Crippen molar-refractivity contribution in [3.63, 3.8) is 0 Å². The first-order valence-corrected chi connectivity index (χ1v) is 5.96. The Bertz CT molecular complexity index is 341. The average Bonchev–Trinajstić information content (AvgIpc) is 2.43. The summed E-state index contributed by atoms with van der Waals surface area (Å²) >= 11 is 0. The van der Waals surface area contributed by atoms with Crippen LogP contribution in [0, 0.1) is 0 Å². The summed E-state index contributed by atoms with van der Waals surface area (Å²) in [5.41, 5.74) is 0.585. The SMILES string of the molecule is COCCCN(CCOC)c1ccc(C=O)cn1. The molecule has 0 saturated carbocycles. The van der Waals surface area contributed by atoms with Crippen molar-refractivity contribution in [3.05, 3.63) is 23.9 Å². The molecule has 1 aromatic heterocycles. The monoisotopic (exact) mass is 252 g/mol. The molecule has 18 heavy (non-hydrogen) atoms. The normalized spacial score (nSPS) is 10.3. The van der Waals surface area contributed by atoms with Crippen molar-refractivity contribution < 1.29 is 14.3 Å². The van der Waals surface area contributed by atoms with E-state index in [1.54, 1.807) is 26.5 Å². The molecule has 0 N–H and O–H groups in total. The molecular formula is C13H20N2O3. The van der Waals surface area contributed by atoms with Crippen LogP contribution in [0.25, 0.3) is 0 Å². The summed E-state index contributed by atoms with van der Waals surface area (Å²) in [5.74, 6) is 0.855. The Kier molecular flexibility index (Phi) is 6.98. The van der Waals surface area contributed by atoms with Gasteiger partial charge in [-0.1, -0.05) is 0 Å². The van der Waals surface area contributed by atoms with Crippen molar-refractivity contribution >= 4 is 12.1 Å². The quantitative estimate of drug-likeness (QED) is 0.491. The summed E-state index contributed by atoms with van der Waals surface area (Å²) in [7, 11) is 3.37. The molecule has 0 spiro atoms. The number of nitrogens with zero attached hydrogens (tertiary/aromatic N) is 2. The first-order chi connectivity index (χ1) is 8.81. The standard InChI is InChI=1S/C13H20N2O3/c1-17-8-3-6-15(7-9-18-2)13-5-4-12(11-16)10-14-13/h4-5,10-11H,3,6-9H2,1-2H3. The van der Waals surface area contributed by atoms with E-state index in [-0.39, 0.29) is 0 Å². The zero-order valence-corrected chi connectivity index (χ0v) is 11.0. The Balaban J connectivity index is 2.63. The molecule has 100 valence electrons. The Morgan fingerprint density at radius 3 is 2.56 bits per heavy atom. The minimum Gasteiger partial charge on any atom is -0.385 e. The first-order valence-electron chi connectivity index (χ1n) is 5.96. The van der Waals surface area contributed by atoms with Gasteiger partial charge in [-0.15, -0.1) is 0 Å². The molecule has 0 aliphatic rings. The van der Waals surface area contributed by atoms with Crippen molar-refractivity contribution in [3.8, 4) is 0 Å². The molecule has 1 heterocycles. The van der Waals surface area contributed by atoms with Gasteiger partial charge in [-0.05, 0) is 18.6 Å². The lowest BCUT2D eigenvalue weighted by Crippen LogP contribution is -2.29. The highest BCUT2D eigenvalue weighted by molar-refractivity contribution is 5.74. The van der Waals surface area contributed by atoms with Gasteiger partial charge in [0, 0.05) is 45.7 Å². The molecule has 0 aliphatic heterocycles. The van der Waals surface area contributed by atoms with Crippen molar-refractivity contribution in [1.82, 2.24) is 4.98 Å². The number of methoxy groups -OCH3 is 2. The molecule has 0 bridgehead atoms. The molecular weight excluding hydrogens is 232 g/mol. The highest BCUT2D eigenvalue weighted by Gasteiger charge is 2.07. The van der Waals surface area contributed by atoms with Crippen LogP contribution >= 0.6 is 0 Å². The molecule has 0 saturated heterocycles. The van der Waals surface area contributed by atoms with Gasteiger partial charge in [0.1, 0.15) is 5.82 Å². The lowest BCUT2D eigenvalue weighted by Gasteiger charge is -2.23. The Morgan fingerprint density at radius 2 is 2.00 bits per heavy atom. The smallest absolute Gasteiger partial charge is 0.151 e. The van der Waals surface area contributed by atoms with Gasteiger partial charge >= 0.3 is 0 Å². The summed E-state index contributed by atoms with van der Waals surface area (Å²) in [4.78, 5) is 17.0. The van der Waals surface area contributed by atoms with E-state index in [4.69, 9.17) is 9.47 Å². The fraction of sp³-hybridized carbons (Fsp3) is 0.538. The van der Waals surface area contributed by atoms with Crippen molar-refractivity contribution in [2.45, 2.75) is 6.42 Å². The van der Waals surface area contributed by atoms with Gasteiger partial charge in [-0.25, -0.2) is 4.98 Å². The molecule has 0 unspecified atom stereocenters. The molecule has 1 rings (SSSR count). The number of rotatable bonds is 9. The van der Waals surface area contributed by atoms with E-state index in [0.29, 0.717) is 12.2 Å². The van der Waals surface area contributed by atoms with E-state index in [9.17, 15) is 4.79 Å². The lowest BCUT2D eigenvalue weighted by molar-refractivity contribution is 0.112. The molecule has 0 radical (unpaired) electrons. The largest absolute Gasteiger partial charge is 0.385 e. The van der Waals surface area contributed by atoms with E-state index in [1.807, 2.05) is 6.07 Å². The third-order valence-electron chi connectivity index (χ3n) is 2.57. The van der Waals surface area contributed by atoms with Gasteiger partial charge in [-0.3, -0.25) is 4.79 Å². The van der Waals surface area contributed by atoms with Crippen LogP contribution in [0.5, 0.6) is 0 Å². The number of aromatic nitrogens is 1. The van der Waals surface area contributed by atoms with Crippen LogP contribution in [0.1, 0.15) is 16.8 Å². The highest BCUT2D eigenvalue weighted by Crippen LogP contribution is 2.11. The second kappa shape index (κ2) is 8.60. The van der Waals surface area contributed by atoms with Crippen molar-refractivity contribution in [2.24, 2.45) is 0 Å². The van der Waals surface area contributed by atoms with E-state index >= 15 is 0 Å². The number of pyridine rings is 1. The molecule has 0 amide bonds. The van der Waals surface area contributed by atoms with Crippen LogP contribution in [0.4, 0.5) is 5.82 Å². The second-order valence-corrected chi connectivity index (χ2v) is 3.89. The molecule has 0 atom stereocenters. The van der Waals surface area contributed by atoms with Crippen LogP contribution in [-0.2, 0) is 9.47 Å². The topological polar surface area (TPSA) is 51.7 Å². The molecule has 0 aromatic carbocycles. The molecule has 5 heteroatoms. The van der Waals surface area contributed by atoms with Crippen LogP contribution < -0.4 is 4.90 Å². The minimum absolute atomic E-state index is 0.585. The third kappa shape index (κ3) is 4.81. The zero-order chi connectivity index (χ0) is 13.2. The van der Waals surface area contributed by atoms with Crippen molar-refractivity contribution in [2.75, 3.05) is 45.4 Å². The third-order valence-corrected chi connectivity index (χ3v) is 2.57. The maximum Gasteiger partial charge on any atom is 0.151 e. The predicted molar refractivity (Wildman–Crippen MR) is 70.2 cm³/mol. The summed E-state index contributed by atoms with van der Waals surface area (Å²) in [6.07, 6.45) is 3.30. The van der Waals surface area contributed by atoms with Crippen LogP contribution in [0.2, 0.25) is 0 Å². The number of hydrogen-bond acceptors (Lipinski definition) is 5. The maximum atomic E-state index is 10.6. The fourth-order valence-electron chi connectivity index (χ4n) is 1.60. The number of carbonyl (C=O) groups excluding carboxylic acids is 1. The predicted octanol–water partition coefficient (Wildman–Crippen LogP) is 1.38. The van der Waals surface area contributed by atoms with Crippen molar-refractivity contribution in [1.29, 1.82) is 0 Å². The van der Waals surface area contributed by atoms with Gasteiger partial charge in [0.2, 0.25) is 0 Å². The summed E-state index contributed by atoms with van der Waals surface area (Å²) in [6, 6.07) is 3.62. The fourth-order valence-corrected chi connectivity index (χ4v) is 1.60. The first kappa shape index (κ1) is 14.6. The molecule has 0 aliphatic carbocycles. The van der Waals surface area contributed by atoms with Gasteiger partial charge in [0.25, 0.3) is 0 Å². The summed E-state index contributed by atoms with van der Waals surface area (Å²) < 4.78 is 10.1. The highest BCUT2D eigenvalue weighted by atomic mass is 16.5. The number of ether oxygens (including phenoxy) is 2. The second-order valence-electron chi connectivity index (χ2n) is 3.89. The van der Waals surface area contributed by atoms with Crippen LogP contribution in [-0.4, -0.2) is 51.8 Å². The van der Waals surface area contributed by atoms with Gasteiger partial charge in [0.05, 0.1) is 6.61 Å². The number of hydrogen-bond donors (Lipinski definition) is 0. The zero-order valence-electron chi connectivity index (χ0n) is 11.0. The number of carbonyl (C=O) groups is 1. The number of anilines is 1. The van der Waals surface area contributed by atoms with Gasteiger partial charge in [0.15, 0.2) is 6.29 Å². The Labute approximate surface area is 108 Å². The molecule has 5 nitrogen and oxygen atoms in total. The lowest BCUT2D eigenvalue weighted by atomic mass is 10.3. The van der Waals surface area contributed by atoms with E-state index < -0.39 is 0 Å². The summed E-state index contributed by atoms with van der Waals surface area (Å²) in [6.45, 7) is 2.98. The van der Waals surface area contributed by atoms with Gasteiger partial charge < -0.3 is 14.4 Å². The van der Waals surface area contributed by atoms with E-state index in [0.717, 1.165) is 38.2 Å². The Morgan fingerprint density at radius 1 is 1.22 bits per heavy atom.